The van der Waals surface area contributed by atoms with Crippen LogP contribution in [0, 0.1) is 5.82 Å². The second-order valence-corrected chi connectivity index (χ2v) is 7.59. The predicted octanol–water partition coefficient (Wildman–Crippen LogP) is 2.42. The van der Waals surface area contributed by atoms with E-state index in [4.69, 9.17) is 9.47 Å². The third-order valence-corrected chi connectivity index (χ3v) is 6.15. The second-order valence-electron chi connectivity index (χ2n) is 5.73. The minimum atomic E-state index is -3.96. The van der Waals surface area contributed by atoms with Gasteiger partial charge < -0.3 is 14.8 Å². The lowest BCUT2D eigenvalue weighted by Crippen LogP contribution is -2.46. The van der Waals surface area contributed by atoms with Gasteiger partial charge >= 0.3 is 0 Å². The van der Waals surface area contributed by atoms with Gasteiger partial charge in [0.05, 0.1) is 14.2 Å². The molecule has 0 bridgehead atoms. The SMILES string of the molecule is CCCN(C1CCNCC1)S(=O)(=O)c1cc(OC)c(OC)cc1F.Cl. The lowest BCUT2D eigenvalue weighted by atomic mass is 10.1. The molecule has 2 rings (SSSR count). The Bertz CT molecular complexity index is 666. The van der Waals surface area contributed by atoms with Gasteiger partial charge in [0.15, 0.2) is 11.5 Å². The van der Waals surface area contributed by atoms with Gasteiger partial charge in [0.2, 0.25) is 10.0 Å². The van der Waals surface area contributed by atoms with E-state index in [1.165, 1.54) is 24.6 Å². The number of hydrogen-bond donors (Lipinski definition) is 1. The van der Waals surface area contributed by atoms with Crippen LogP contribution in [-0.2, 0) is 10.0 Å². The zero-order valence-corrected chi connectivity index (χ0v) is 16.4. The van der Waals surface area contributed by atoms with Crippen molar-refractivity contribution in [1.29, 1.82) is 0 Å². The van der Waals surface area contributed by atoms with Gasteiger partial charge in [-0.25, -0.2) is 12.8 Å². The molecular weight excluding hydrogens is 371 g/mol. The van der Waals surface area contributed by atoms with Crippen molar-refractivity contribution in [3.8, 4) is 11.5 Å². The quantitative estimate of drug-likeness (QED) is 0.766. The van der Waals surface area contributed by atoms with Crippen LogP contribution in [0.15, 0.2) is 17.0 Å². The number of hydrogen-bond acceptors (Lipinski definition) is 5. The van der Waals surface area contributed by atoms with E-state index in [1.54, 1.807) is 0 Å². The highest BCUT2D eigenvalue weighted by Crippen LogP contribution is 2.34. The minimum Gasteiger partial charge on any atom is -0.493 e. The summed E-state index contributed by atoms with van der Waals surface area (Å²) in [6.07, 6.45) is 2.10. The fourth-order valence-electron chi connectivity index (χ4n) is 2.97. The summed E-state index contributed by atoms with van der Waals surface area (Å²) >= 11 is 0. The summed E-state index contributed by atoms with van der Waals surface area (Å²) in [6, 6.07) is 2.13. The van der Waals surface area contributed by atoms with Crippen molar-refractivity contribution >= 4 is 22.4 Å². The molecule has 1 aromatic rings. The number of sulfonamides is 1. The Kier molecular flexibility index (Phi) is 8.40. The van der Waals surface area contributed by atoms with Crippen LogP contribution in [0.4, 0.5) is 4.39 Å². The van der Waals surface area contributed by atoms with Crippen molar-refractivity contribution in [3.05, 3.63) is 17.9 Å². The number of benzene rings is 1. The van der Waals surface area contributed by atoms with Gasteiger partial charge in [-0.15, -0.1) is 12.4 Å². The normalized spacial score (nSPS) is 15.7. The molecule has 0 aromatic heterocycles. The van der Waals surface area contributed by atoms with Gasteiger partial charge in [0.1, 0.15) is 10.7 Å². The van der Waals surface area contributed by atoms with Gasteiger partial charge in [0.25, 0.3) is 0 Å². The molecule has 1 N–H and O–H groups in total. The summed E-state index contributed by atoms with van der Waals surface area (Å²) in [5, 5.41) is 3.22. The van der Waals surface area contributed by atoms with E-state index in [-0.39, 0.29) is 34.8 Å². The zero-order chi connectivity index (χ0) is 17.7. The first-order valence-electron chi connectivity index (χ1n) is 8.09. The van der Waals surface area contributed by atoms with Crippen LogP contribution >= 0.6 is 12.4 Å². The van der Waals surface area contributed by atoms with Crippen molar-refractivity contribution in [2.75, 3.05) is 33.9 Å². The predicted molar refractivity (Wildman–Crippen MR) is 96.8 cm³/mol. The van der Waals surface area contributed by atoms with E-state index < -0.39 is 15.8 Å². The highest BCUT2D eigenvalue weighted by atomic mass is 35.5. The molecule has 1 aliphatic heterocycles. The van der Waals surface area contributed by atoms with Crippen LogP contribution in [-0.4, -0.2) is 52.6 Å². The number of nitrogens with zero attached hydrogens (tertiary/aromatic N) is 1. The zero-order valence-electron chi connectivity index (χ0n) is 14.7. The summed E-state index contributed by atoms with van der Waals surface area (Å²) in [6.45, 7) is 3.79. The number of rotatable bonds is 7. The topological polar surface area (TPSA) is 67.9 Å². The Hall–Kier alpha value is -1.09. The number of ether oxygens (including phenoxy) is 2. The molecule has 0 radical (unpaired) electrons. The van der Waals surface area contributed by atoms with Crippen LogP contribution < -0.4 is 14.8 Å². The van der Waals surface area contributed by atoms with Gasteiger partial charge in [-0.2, -0.15) is 4.31 Å². The van der Waals surface area contributed by atoms with Crippen LogP contribution in [0.1, 0.15) is 26.2 Å². The number of methoxy groups -OCH3 is 2. The summed E-state index contributed by atoms with van der Waals surface area (Å²) in [5.74, 6) is -0.472. The molecule has 1 aromatic carbocycles. The lowest BCUT2D eigenvalue weighted by molar-refractivity contribution is 0.261. The molecule has 0 saturated carbocycles. The van der Waals surface area contributed by atoms with Crippen LogP contribution in [0.2, 0.25) is 0 Å². The molecule has 0 atom stereocenters. The third-order valence-electron chi connectivity index (χ3n) is 4.18. The van der Waals surface area contributed by atoms with E-state index >= 15 is 0 Å². The summed E-state index contributed by atoms with van der Waals surface area (Å²) in [5.41, 5.74) is 0. The largest absolute Gasteiger partial charge is 0.493 e. The Labute approximate surface area is 155 Å². The average molecular weight is 397 g/mol. The van der Waals surface area contributed by atoms with Gasteiger partial charge in [0, 0.05) is 24.7 Å². The summed E-state index contributed by atoms with van der Waals surface area (Å²) in [4.78, 5) is -0.368. The molecular formula is C16H26ClFN2O4S. The van der Waals surface area contributed by atoms with E-state index in [9.17, 15) is 12.8 Å². The fourth-order valence-corrected chi connectivity index (χ4v) is 4.81. The molecule has 1 saturated heterocycles. The number of nitrogens with one attached hydrogen (secondary N) is 1. The van der Waals surface area contributed by atoms with Crippen molar-refractivity contribution in [2.24, 2.45) is 0 Å². The van der Waals surface area contributed by atoms with Gasteiger partial charge in [-0.1, -0.05) is 6.92 Å². The first-order chi connectivity index (χ1) is 11.5. The second kappa shape index (κ2) is 9.56. The monoisotopic (exact) mass is 396 g/mol. The van der Waals surface area contributed by atoms with Crippen LogP contribution in [0.5, 0.6) is 11.5 Å². The van der Waals surface area contributed by atoms with Crippen molar-refractivity contribution in [1.82, 2.24) is 9.62 Å². The summed E-state index contributed by atoms with van der Waals surface area (Å²) in [7, 11) is -1.19. The third kappa shape index (κ3) is 4.75. The van der Waals surface area contributed by atoms with Crippen LogP contribution in [0.25, 0.3) is 0 Å². The maximum Gasteiger partial charge on any atom is 0.246 e. The van der Waals surface area contributed by atoms with Crippen molar-refractivity contribution in [2.45, 2.75) is 37.1 Å². The molecule has 0 aliphatic carbocycles. The molecule has 1 heterocycles. The molecule has 0 spiro atoms. The van der Waals surface area contributed by atoms with Crippen molar-refractivity contribution in [3.63, 3.8) is 0 Å². The highest BCUT2D eigenvalue weighted by Gasteiger charge is 2.34. The van der Waals surface area contributed by atoms with Gasteiger partial charge in [-0.3, -0.25) is 0 Å². The summed E-state index contributed by atoms with van der Waals surface area (Å²) < 4.78 is 52.2. The molecule has 1 aliphatic rings. The molecule has 6 nitrogen and oxygen atoms in total. The fraction of sp³-hybridized carbons (Fsp3) is 0.625. The van der Waals surface area contributed by atoms with E-state index in [0.29, 0.717) is 25.8 Å². The highest BCUT2D eigenvalue weighted by molar-refractivity contribution is 7.89. The maximum absolute atomic E-state index is 14.5. The molecule has 144 valence electrons. The molecule has 9 heteroatoms. The molecule has 1 fully saturated rings. The van der Waals surface area contributed by atoms with Crippen LogP contribution in [0.3, 0.4) is 0 Å². The maximum atomic E-state index is 14.5. The lowest BCUT2D eigenvalue weighted by Gasteiger charge is -2.33. The minimum absolute atomic E-state index is 0. The van der Waals surface area contributed by atoms with Gasteiger partial charge in [-0.05, 0) is 32.4 Å². The smallest absolute Gasteiger partial charge is 0.246 e. The van der Waals surface area contributed by atoms with E-state index in [2.05, 4.69) is 5.32 Å². The molecule has 0 unspecified atom stereocenters. The van der Waals surface area contributed by atoms with Crippen molar-refractivity contribution < 1.29 is 22.3 Å². The van der Waals surface area contributed by atoms with E-state index in [0.717, 1.165) is 19.2 Å². The Morgan fingerprint density at radius 3 is 2.28 bits per heavy atom. The first-order valence-corrected chi connectivity index (χ1v) is 9.53. The Morgan fingerprint density at radius 1 is 1.20 bits per heavy atom. The number of piperidine rings is 1. The standard InChI is InChI=1S/C16H25FN2O4S.ClH/c1-4-9-19(12-5-7-18-8-6-12)24(20,21)16-11-15(23-3)14(22-2)10-13(16)17;/h10-12,18H,4-9H2,1-3H3;1H. The molecule has 0 amide bonds. The number of halogens is 2. The van der Waals surface area contributed by atoms with E-state index in [1.807, 2.05) is 6.92 Å². The Balaban J connectivity index is 0.00000312. The average Bonchev–Trinajstić information content (AvgIpc) is 2.59. The Morgan fingerprint density at radius 2 is 1.76 bits per heavy atom. The molecule has 25 heavy (non-hydrogen) atoms. The first kappa shape index (κ1) is 22.0.